The third kappa shape index (κ3) is 3.05. The zero-order chi connectivity index (χ0) is 15.0. The van der Waals surface area contributed by atoms with Crippen molar-refractivity contribution in [1.82, 2.24) is 9.80 Å². The van der Waals surface area contributed by atoms with Crippen LogP contribution < -0.4 is 0 Å². The van der Waals surface area contributed by atoms with Gasteiger partial charge in [-0.3, -0.25) is 9.80 Å². The number of carbonyl (C=O) groups excluding carboxylic acids is 1. The first-order valence-electron chi connectivity index (χ1n) is 7.74. The van der Waals surface area contributed by atoms with E-state index < -0.39 is 5.60 Å². The number of hydrogen-bond acceptors (Lipinski definition) is 3. The standard InChI is InChI=1S/C17H24N2O2/c1-17(2,3)21-16(20)19-11-9-15(19)18-10-8-13-6-4-5-7-14(13)12-18/h4-7,15H,8-12H2,1-3H3. The molecule has 1 atom stereocenters. The fourth-order valence-corrected chi connectivity index (χ4v) is 3.06. The van der Waals surface area contributed by atoms with Crippen molar-refractivity contribution >= 4 is 6.09 Å². The monoisotopic (exact) mass is 288 g/mol. The molecule has 0 bridgehead atoms. The molecule has 0 N–H and O–H groups in total. The van der Waals surface area contributed by atoms with Crippen molar-refractivity contribution in [1.29, 1.82) is 0 Å². The first kappa shape index (κ1) is 14.4. The summed E-state index contributed by atoms with van der Waals surface area (Å²) < 4.78 is 5.49. The molecule has 3 rings (SSSR count). The maximum atomic E-state index is 12.2. The molecule has 1 saturated heterocycles. The van der Waals surface area contributed by atoms with Crippen molar-refractivity contribution in [3.05, 3.63) is 35.4 Å². The highest BCUT2D eigenvalue weighted by atomic mass is 16.6. The summed E-state index contributed by atoms with van der Waals surface area (Å²) in [6, 6.07) is 8.59. The van der Waals surface area contributed by atoms with E-state index in [1.165, 1.54) is 11.1 Å². The van der Waals surface area contributed by atoms with Gasteiger partial charge in [-0.05, 0) is 44.7 Å². The van der Waals surface area contributed by atoms with Crippen LogP contribution in [0, 0.1) is 0 Å². The van der Waals surface area contributed by atoms with Gasteiger partial charge in [0.15, 0.2) is 0 Å². The number of hydrogen-bond donors (Lipinski definition) is 0. The van der Waals surface area contributed by atoms with Crippen LogP contribution in [0.25, 0.3) is 0 Å². The summed E-state index contributed by atoms with van der Waals surface area (Å²) in [5.74, 6) is 0. The van der Waals surface area contributed by atoms with Gasteiger partial charge in [-0.15, -0.1) is 0 Å². The quantitative estimate of drug-likeness (QED) is 0.796. The number of carbonyl (C=O) groups is 1. The minimum absolute atomic E-state index is 0.183. The summed E-state index contributed by atoms with van der Waals surface area (Å²) in [5.41, 5.74) is 2.41. The molecule has 2 aliphatic heterocycles. The predicted octanol–water partition coefficient (Wildman–Crippen LogP) is 3.01. The Labute approximate surface area is 126 Å². The largest absolute Gasteiger partial charge is 0.444 e. The molecule has 0 radical (unpaired) electrons. The van der Waals surface area contributed by atoms with E-state index in [9.17, 15) is 4.79 Å². The SMILES string of the molecule is CC(C)(C)OC(=O)N1CCC1N1CCc2ccccc2C1. The van der Waals surface area contributed by atoms with E-state index in [2.05, 4.69) is 29.2 Å². The number of nitrogens with zero attached hydrogens (tertiary/aromatic N) is 2. The Morgan fingerprint density at radius 2 is 1.90 bits per heavy atom. The van der Waals surface area contributed by atoms with Gasteiger partial charge >= 0.3 is 6.09 Å². The van der Waals surface area contributed by atoms with E-state index in [0.717, 1.165) is 32.5 Å². The van der Waals surface area contributed by atoms with Crippen LogP contribution in [0.2, 0.25) is 0 Å². The van der Waals surface area contributed by atoms with Gasteiger partial charge in [0.05, 0.1) is 6.17 Å². The summed E-state index contributed by atoms with van der Waals surface area (Å²) >= 11 is 0. The Morgan fingerprint density at radius 3 is 2.52 bits per heavy atom. The van der Waals surface area contributed by atoms with Gasteiger partial charge in [0.2, 0.25) is 0 Å². The smallest absolute Gasteiger partial charge is 0.411 e. The fraction of sp³-hybridized carbons (Fsp3) is 0.588. The van der Waals surface area contributed by atoms with Gasteiger partial charge in [-0.2, -0.15) is 0 Å². The van der Waals surface area contributed by atoms with E-state index in [1.54, 1.807) is 0 Å². The summed E-state index contributed by atoms with van der Waals surface area (Å²) in [7, 11) is 0. The molecule has 4 heteroatoms. The van der Waals surface area contributed by atoms with Crippen LogP contribution in [-0.2, 0) is 17.7 Å². The maximum Gasteiger partial charge on any atom is 0.411 e. The molecule has 1 fully saturated rings. The van der Waals surface area contributed by atoms with Crippen molar-refractivity contribution in [3.8, 4) is 0 Å². The average molecular weight is 288 g/mol. The topological polar surface area (TPSA) is 32.8 Å². The van der Waals surface area contributed by atoms with E-state index in [4.69, 9.17) is 4.74 Å². The predicted molar refractivity (Wildman–Crippen MR) is 81.9 cm³/mol. The highest BCUT2D eigenvalue weighted by Crippen LogP contribution is 2.28. The zero-order valence-corrected chi connectivity index (χ0v) is 13.1. The molecule has 1 aromatic rings. The van der Waals surface area contributed by atoms with Gasteiger partial charge in [-0.25, -0.2) is 4.79 Å². The third-order valence-electron chi connectivity index (χ3n) is 4.20. The lowest BCUT2D eigenvalue weighted by atomic mass is 9.98. The van der Waals surface area contributed by atoms with Crippen molar-refractivity contribution < 1.29 is 9.53 Å². The van der Waals surface area contributed by atoms with Crippen molar-refractivity contribution in [2.45, 2.75) is 51.9 Å². The first-order valence-corrected chi connectivity index (χ1v) is 7.74. The Bertz CT molecular complexity index is 536. The van der Waals surface area contributed by atoms with Gasteiger partial charge < -0.3 is 4.74 Å². The average Bonchev–Trinajstić information content (AvgIpc) is 2.35. The molecule has 114 valence electrons. The summed E-state index contributed by atoms with van der Waals surface area (Å²) in [6.07, 6.45) is 2.13. The maximum absolute atomic E-state index is 12.2. The molecule has 21 heavy (non-hydrogen) atoms. The molecule has 0 saturated carbocycles. The van der Waals surface area contributed by atoms with E-state index in [1.807, 2.05) is 25.7 Å². The number of likely N-dealkylation sites (tertiary alicyclic amines) is 1. The van der Waals surface area contributed by atoms with Crippen LogP contribution in [0.3, 0.4) is 0 Å². The number of ether oxygens (including phenoxy) is 1. The van der Waals surface area contributed by atoms with Crippen LogP contribution in [0.1, 0.15) is 38.3 Å². The molecule has 4 nitrogen and oxygen atoms in total. The van der Waals surface area contributed by atoms with E-state index in [-0.39, 0.29) is 12.3 Å². The Morgan fingerprint density at radius 1 is 1.19 bits per heavy atom. The summed E-state index contributed by atoms with van der Waals surface area (Å²) in [4.78, 5) is 16.5. The lowest BCUT2D eigenvalue weighted by Crippen LogP contribution is -2.61. The molecule has 1 amide bonds. The Hall–Kier alpha value is -1.55. The lowest BCUT2D eigenvalue weighted by molar-refractivity contribution is -0.0577. The van der Waals surface area contributed by atoms with Crippen LogP contribution >= 0.6 is 0 Å². The van der Waals surface area contributed by atoms with E-state index in [0.29, 0.717) is 0 Å². The van der Waals surface area contributed by atoms with Crippen LogP contribution in [0.5, 0.6) is 0 Å². The van der Waals surface area contributed by atoms with E-state index >= 15 is 0 Å². The van der Waals surface area contributed by atoms with Crippen molar-refractivity contribution in [2.75, 3.05) is 13.1 Å². The molecular formula is C17H24N2O2. The van der Waals surface area contributed by atoms with Gasteiger partial charge in [-0.1, -0.05) is 24.3 Å². The second-order valence-electron chi connectivity index (χ2n) is 6.93. The zero-order valence-electron chi connectivity index (χ0n) is 13.1. The summed E-state index contributed by atoms with van der Waals surface area (Å²) in [5, 5.41) is 0. The molecule has 0 spiro atoms. The normalized spacial score (nSPS) is 22.4. The number of rotatable bonds is 1. The molecule has 2 heterocycles. The number of benzene rings is 1. The van der Waals surface area contributed by atoms with Crippen LogP contribution in [0.4, 0.5) is 4.79 Å². The number of fused-ring (bicyclic) bond motifs is 1. The first-order chi connectivity index (χ1) is 9.94. The second kappa shape index (κ2) is 5.34. The summed E-state index contributed by atoms with van der Waals surface area (Å²) in [6.45, 7) is 8.49. The molecule has 1 unspecified atom stereocenters. The third-order valence-corrected chi connectivity index (χ3v) is 4.20. The molecule has 0 aliphatic carbocycles. The van der Waals surface area contributed by atoms with Gasteiger partial charge in [0.25, 0.3) is 0 Å². The Balaban J connectivity index is 1.65. The molecule has 1 aromatic carbocycles. The Kier molecular flexibility index (Phi) is 3.66. The van der Waals surface area contributed by atoms with Gasteiger partial charge in [0, 0.05) is 19.6 Å². The molecule has 2 aliphatic rings. The van der Waals surface area contributed by atoms with Crippen LogP contribution in [-0.4, -0.2) is 40.7 Å². The van der Waals surface area contributed by atoms with Crippen LogP contribution in [0.15, 0.2) is 24.3 Å². The lowest BCUT2D eigenvalue weighted by Gasteiger charge is -2.48. The number of amides is 1. The highest BCUT2D eigenvalue weighted by molar-refractivity contribution is 5.69. The highest BCUT2D eigenvalue weighted by Gasteiger charge is 2.39. The molecule has 0 aromatic heterocycles. The van der Waals surface area contributed by atoms with Gasteiger partial charge in [0.1, 0.15) is 5.60 Å². The minimum atomic E-state index is -0.425. The minimum Gasteiger partial charge on any atom is -0.444 e. The van der Waals surface area contributed by atoms with Crippen molar-refractivity contribution in [2.24, 2.45) is 0 Å². The second-order valence-corrected chi connectivity index (χ2v) is 6.93. The van der Waals surface area contributed by atoms with Crippen molar-refractivity contribution in [3.63, 3.8) is 0 Å². The fourth-order valence-electron chi connectivity index (χ4n) is 3.06. The molecular weight excluding hydrogens is 264 g/mol.